The lowest BCUT2D eigenvalue weighted by molar-refractivity contribution is -0.122. The Morgan fingerprint density at radius 2 is 1.45 bits per heavy atom. The molecule has 1 N–H and O–H groups in total. The Balaban J connectivity index is 1.39. The Labute approximate surface area is 234 Å². The van der Waals surface area contributed by atoms with E-state index in [1.54, 1.807) is 30.5 Å². The van der Waals surface area contributed by atoms with E-state index in [1.807, 2.05) is 48.5 Å². The van der Waals surface area contributed by atoms with Crippen molar-refractivity contribution in [2.45, 2.75) is 11.3 Å². The molecule has 1 aliphatic heterocycles. The van der Waals surface area contributed by atoms with E-state index < -0.39 is 29.0 Å². The minimum Gasteiger partial charge on any atom is -0.274 e. The Kier molecular flexibility index (Phi) is 5.47. The van der Waals surface area contributed by atoms with Crippen LogP contribution in [-0.2, 0) is 15.0 Å². The van der Waals surface area contributed by atoms with Gasteiger partial charge in [0.15, 0.2) is 0 Å². The van der Waals surface area contributed by atoms with E-state index in [0.717, 1.165) is 22.3 Å². The summed E-state index contributed by atoms with van der Waals surface area (Å²) in [6, 6.07) is 27.3. The first-order valence-electron chi connectivity index (χ1n) is 12.8. The molecule has 1 fully saturated rings. The summed E-state index contributed by atoms with van der Waals surface area (Å²) in [6.07, 6.45) is 1.60. The second kappa shape index (κ2) is 8.96. The second-order valence-electron chi connectivity index (χ2n) is 10.2. The first kappa shape index (κ1) is 24.4. The van der Waals surface area contributed by atoms with Crippen LogP contribution in [0.1, 0.15) is 38.5 Å². The van der Waals surface area contributed by atoms with Crippen molar-refractivity contribution in [2.24, 2.45) is 16.9 Å². The molecule has 1 heterocycles. The van der Waals surface area contributed by atoms with Crippen molar-refractivity contribution >= 4 is 41.2 Å². The highest BCUT2D eigenvalue weighted by Crippen LogP contribution is 2.63. The number of imide groups is 1. The maximum Gasteiger partial charge on any atom is 0.271 e. The van der Waals surface area contributed by atoms with Gasteiger partial charge in [0.05, 0.1) is 22.9 Å². The summed E-state index contributed by atoms with van der Waals surface area (Å²) in [6.45, 7) is 0. The van der Waals surface area contributed by atoms with Gasteiger partial charge in [0.2, 0.25) is 11.8 Å². The summed E-state index contributed by atoms with van der Waals surface area (Å²) in [7, 11) is 0. The van der Waals surface area contributed by atoms with E-state index in [0.29, 0.717) is 16.3 Å². The molecule has 0 radical (unpaired) electrons. The van der Waals surface area contributed by atoms with Gasteiger partial charge < -0.3 is 0 Å². The number of carbonyl (C=O) groups is 3. The molecule has 8 heteroatoms. The molecule has 4 aromatic rings. The van der Waals surface area contributed by atoms with Gasteiger partial charge in [-0.2, -0.15) is 5.10 Å². The van der Waals surface area contributed by atoms with Gasteiger partial charge in [-0.15, -0.1) is 0 Å². The third-order valence-corrected chi connectivity index (χ3v) is 8.56. The monoisotopic (exact) mass is 549 g/mol. The van der Waals surface area contributed by atoms with Crippen LogP contribution in [0.2, 0.25) is 5.02 Å². The standard InChI is InChI=1S/C32H21ClFN3O3/c33-19-11-9-18(10-12-19)29(38)36-35-17-32-24-7-3-1-5-22(24)26(23-6-2-4-8-25(23)32)27-28(32)31(40)37(30(27)39)21-15-13-20(34)14-16-21/h1-17,26-28H,(H,36,38)/b35-17-/t26?,27-,28-,32?/m0/s1. The van der Waals surface area contributed by atoms with E-state index in [1.165, 1.54) is 29.2 Å². The molecular weight excluding hydrogens is 529 g/mol. The highest BCUT2D eigenvalue weighted by Gasteiger charge is 2.68. The topological polar surface area (TPSA) is 78.8 Å². The number of hydrazone groups is 1. The first-order chi connectivity index (χ1) is 19.4. The molecule has 0 saturated carbocycles. The zero-order valence-corrected chi connectivity index (χ0v) is 21.7. The Hall–Kier alpha value is -4.62. The number of carbonyl (C=O) groups excluding carboxylic acids is 3. The second-order valence-corrected chi connectivity index (χ2v) is 10.7. The fourth-order valence-electron chi connectivity index (χ4n) is 6.75. The molecule has 0 unspecified atom stereocenters. The number of benzene rings is 4. The molecular formula is C32H21ClFN3O3. The SMILES string of the molecule is O=C(N/N=C\C12c3ccccc3C(c3ccccc31)[C@@H]1C(=O)N(c3ccc(F)cc3)C(=O)[C@H]12)c1ccc(Cl)cc1. The Bertz CT molecular complexity index is 1690. The van der Waals surface area contributed by atoms with E-state index in [4.69, 9.17) is 11.6 Å². The lowest BCUT2D eigenvalue weighted by atomic mass is 9.47. The maximum atomic E-state index is 14.3. The van der Waals surface area contributed by atoms with Crippen LogP contribution in [0.15, 0.2) is 102 Å². The van der Waals surface area contributed by atoms with Crippen LogP contribution < -0.4 is 10.3 Å². The van der Waals surface area contributed by atoms with Crippen molar-refractivity contribution in [1.82, 2.24) is 5.43 Å². The molecule has 3 amide bonds. The number of hydrogen-bond donors (Lipinski definition) is 1. The summed E-state index contributed by atoms with van der Waals surface area (Å²) in [5.74, 6) is -3.45. The van der Waals surface area contributed by atoms with Gasteiger partial charge in [0.1, 0.15) is 5.82 Å². The van der Waals surface area contributed by atoms with Crippen molar-refractivity contribution in [3.8, 4) is 0 Å². The summed E-state index contributed by atoms with van der Waals surface area (Å²) in [4.78, 5) is 42.4. The van der Waals surface area contributed by atoms with Crippen molar-refractivity contribution in [3.05, 3.63) is 136 Å². The van der Waals surface area contributed by atoms with Gasteiger partial charge in [-0.1, -0.05) is 60.1 Å². The summed E-state index contributed by atoms with van der Waals surface area (Å²) >= 11 is 5.96. The summed E-state index contributed by atoms with van der Waals surface area (Å²) in [5.41, 5.74) is 5.79. The van der Waals surface area contributed by atoms with Gasteiger partial charge in [0, 0.05) is 22.7 Å². The van der Waals surface area contributed by atoms with Crippen LogP contribution in [-0.4, -0.2) is 23.9 Å². The fraction of sp³-hybridized carbons (Fsp3) is 0.125. The number of nitrogens with one attached hydrogen (secondary N) is 1. The molecule has 3 aliphatic carbocycles. The van der Waals surface area contributed by atoms with Crippen LogP contribution in [0.3, 0.4) is 0 Å². The van der Waals surface area contributed by atoms with Crippen molar-refractivity contribution in [1.29, 1.82) is 0 Å². The van der Waals surface area contributed by atoms with Crippen LogP contribution >= 0.6 is 11.6 Å². The number of nitrogens with zero attached hydrogens (tertiary/aromatic N) is 2. The fourth-order valence-corrected chi connectivity index (χ4v) is 6.88. The Morgan fingerprint density at radius 3 is 2.08 bits per heavy atom. The largest absolute Gasteiger partial charge is 0.274 e. The Morgan fingerprint density at radius 1 is 0.850 bits per heavy atom. The zero-order chi connectivity index (χ0) is 27.6. The van der Waals surface area contributed by atoms with Crippen LogP contribution in [0.5, 0.6) is 0 Å². The predicted octanol–water partition coefficient (Wildman–Crippen LogP) is 5.45. The molecule has 2 atom stereocenters. The van der Waals surface area contributed by atoms with Crippen LogP contribution in [0.25, 0.3) is 0 Å². The number of halogens is 2. The van der Waals surface area contributed by atoms with E-state index in [-0.39, 0.29) is 17.7 Å². The quantitative estimate of drug-likeness (QED) is 0.209. The molecule has 6 nitrogen and oxygen atoms in total. The highest BCUT2D eigenvalue weighted by molar-refractivity contribution is 6.30. The van der Waals surface area contributed by atoms with E-state index >= 15 is 0 Å². The molecule has 2 bridgehead atoms. The lowest BCUT2D eigenvalue weighted by Gasteiger charge is -2.52. The molecule has 8 rings (SSSR count). The maximum absolute atomic E-state index is 14.3. The van der Waals surface area contributed by atoms with Crippen molar-refractivity contribution < 1.29 is 18.8 Å². The molecule has 196 valence electrons. The number of anilines is 1. The number of amides is 3. The van der Waals surface area contributed by atoms with Gasteiger partial charge >= 0.3 is 0 Å². The average Bonchev–Trinajstić information content (AvgIpc) is 3.24. The third kappa shape index (κ3) is 3.34. The molecule has 1 saturated heterocycles. The predicted molar refractivity (Wildman–Crippen MR) is 149 cm³/mol. The third-order valence-electron chi connectivity index (χ3n) is 8.31. The van der Waals surface area contributed by atoms with Gasteiger partial charge in [-0.05, 0) is 70.8 Å². The average molecular weight is 550 g/mol. The van der Waals surface area contributed by atoms with E-state index in [2.05, 4.69) is 10.5 Å². The van der Waals surface area contributed by atoms with Crippen molar-refractivity contribution in [2.75, 3.05) is 4.90 Å². The van der Waals surface area contributed by atoms with Gasteiger partial charge in [-0.3, -0.25) is 14.4 Å². The minimum atomic E-state index is -1.12. The minimum absolute atomic E-state index is 0.321. The smallest absolute Gasteiger partial charge is 0.271 e. The molecule has 4 aliphatic rings. The van der Waals surface area contributed by atoms with Gasteiger partial charge in [0.25, 0.3) is 5.91 Å². The number of hydrogen-bond acceptors (Lipinski definition) is 4. The van der Waals surface area contributed by atoms with Gasteiger partial charge in [-0.25, -0.2) is 14.7 Å². The van der Waals surface area contributed by atoms with E-state index in [9.17, 15) is 18.8 Å². The molecule has 40 heavy (non-hydrogen) atoms. The molecule has 4 aromatic carbocycles. The summed E-state index contributed by atoms with van der Waals surface area (Å²) in [5, 5.41) is 4.91. The lowest BCUT2D eigenvalue weighted by Crippen LogP contribution is -2.54. The van der Waals surface area contributed by atoms with Crippen LogP contribution in [0.4, 0.5) is 10.1 Å². The van der Waals surface area contributed by atoms with Crippen molar-refractivity contribution in [3.63, 3.8) is 0 Å². The van der Waals surface area contributed by atoms with Crippen LogP contribution in [0, 0.1) is 17.7 Å². The molecule has 0 aromatic heterocycles. The molecule has 0 spiro atoms. The zero-order valence-electron chi connectivity index (χ0n) is 20.9. The normalized spacial score (nSPS) is 24.1. The highest BCUT2D eigenvalue weighted by atomic mass is 35.5. The first-order valence-corrected chi connectivity index (χ1v) is 13.2. The summed E-state index contributed by atoms with van der Waals surface area (Å²) < 4.78 is 13.7. The number of rotatable bonds is 4.